The molecule has 0 saturated carbocycles. The van der Waals surface area contributed by atoms with Crippen LogP contribution < -0.4 is 10.6 Å². The average Bonchev–Trinajstić information content (AvgIpc) is 3.14. The Morgan fingerprint density at radius 2 is 1.89 bits per heavy atom. The van der Waals surface area contributed by atoms with Gasteiger partial charge in [0.15, 0.2) is 5.96 Å². The maximum Gasteiger partial charge on any atom is 0.243 e. The molecule has 8 heteroatoms. The molecule has 152 valence electrons. The van der Waals surface area contributed by atoms with Gasteiger partial charge in [-0.1, -0.05) is 18.2 Å². The Kier molecular flexibility index (Phi) is 7.09. The molecule has 0 radical (unpaired) electrons. The molecule has 0 aliphatic carbocycles. The van der Waals surface area contributed by atoms with Crippen molar-refractivity contribution in [3.8, 4) is 0 Å². The van der Waals surface area contributed by atoms with Crippen molar-refractivity contribution in [2.24, 2.45) is 10.9 Å². The highest BCUT2D eigenvalue weighted by Gasteiger charge is 2.29. The zero-order chi connectivity index (χ0) is 20.0. The monoisotopic (exact) mass is 420 g/mol. The first-order chi connectivity index (χ1) is 13.5. The number of hydrogen-bond donors (Lipinski definition) is 2. The summed E-state index contributed by atoms with van der Waals surface area (Å²) in [7, 11) is -1.61. The maximum atomic E-state index is 12.7. The number of nitrogens with zero attached hydrogens (tertiary/aromatic N) is 2. The van der Waals surface area contributed by atoms with Crippen LogP contribution >= 0.6 is 11.3 Å². The molecule has 2 N–H and O–H groups in total. The lowest BCUT2D eigenvalue weighted by molar-refractivity contribution is 0.273. The molecule has 1 aliphatic rings. The number of benzene rings is 1. The SMILES string of the molecule is CN=C(NCc1sccc1C)NCC1CCN(S(=O)(=O)c2ccccc2)CC1. The Balaban J connectivity index is 1.45. The molecule has 2 heterocycles. The summed E-state index contributed by atoms with van der Waals surface area (Å²) in [4.78, 5) is 5.97. The first-order valence-electron chi connectivity index (χ1n) is 9.53. The van der Waals surface area contributed by atoms with Gasteiger partial charge in [0.25, 0.3) is 0 Å². The van der Waals surface area contributed by atoms with E-state index in [9.17, 15) is 8.42 Å². The molecule has 1 saturated heterocycles. The molecule has 0 spiro atoms. The summed E-state index contributed by atoms with van der Waals surface area (Å²) >= 11 is 1.74. The summed E-state index contributed by atoms with van der Waals surface area (Å²) in [6.45, 7) is 4.79. The molecular weight excluding hydrogens is 392 g/mol. The van der Waals surface area contributed by atoms with Crippen molar-refractivity contribution >= 4 is 27.3 Å². The number of rotatable bonds is 6. The van der Waals surface area contributed by atoms with Gasteiger partial charge in [0.2, 0.25) is 10.0 Å². The van der Waals surface area contributed by atoms with Crippen molar-refractivity contribution in [2.45, 2.75) is 31.2 Å². The van der Waals surface area contributed by atoms with Gasteiger partial charge >= 0.3 is 0 Å². The van der Waals surface area contributed by atoms with E-state index in [2.05, 4.69) is 34.0 Å². The van der Waals surface area contributed by atoms with E-state index in [1.54, 1.807) is 47.0 Å². The molecule has 1 aliphatic heterocycles. The Bertz CT molecular complexity index is 886. The van der Waals surface area contributed by atoms with Crippen molar-refractivity contribution in [3.05, 3.63) is 52.2 Å². The number of piperidine rings is 1. The number of hydrogen-bond acceptors (Lipinski definition) is 4. The summed E-state index contributed by atoms with van der Waals surface area (Å²) in [6.07, 6.45) is 1.69. The zero-order valence-electron chi connectivity index (χ0n) is 16.4. The fraction of sp³-hybridized carbons (Fsp3) is 0.450. The number of aliphatic imine (C=N–C) groups is 1. The Hall–Kier alpha value is -1.90. The summed E-state index contributed by atoms with van der Waals surface area (Å²) in [6, 6.07) is 10.8. The first-order valence-corrected chi connectivity index (χ1v) is 11.9. The average molecular weight is 421 g/mol. The van der Waals surface area contributed by atoms with E-state index in [1.807, 2.05) is 6.07 Å². The van der Waals surface area contributed by atoms with E-state index in [-0.39, 0.29) is 0 Å². The zero-order valence-corrected chi connectivity index (χ0v) is 18.0. The smallest absolute Gasteiger partial charge is 0.243 e. The Morgan fingerprint density at radius 3 is 2.50 bits per heavy atom. The molecule has 6 nitrogen and oxygen atoms in total. The van der Waals surface area contributed by atoms with Crippen LogP contribution in [-0.2, 0) is 16.6 Å². The number of guanidine groups is 1. The molecule has 1 aromatic heterocycles. The third-order valence-electron chi connectivity index (χ3n) is 5.12. The summed E-state index contributed by atoms with van der Waals surface area (Å²) in [5, 5.41) is 8.83. The quantitative estimate of drug-likeness (QED) is 0.557. The van der Waals surface area contributed by atoms with Crippen molar-refractivity contribution in [1.82, 2.24) is 14.9 Å². The lowest BCUT2D eigenvalue weighted by Crippen LogP contribution is -2.44. The maximum absolute atomic E-state index is 12.7. The van der Waals surface area contributed by atoms with Crippen LogP contribution in [0.3, 0.4) is 0 Å². The van der Waals surface area contributed by atoms with Crippen LogP contribution in [0, 0.1) is 12.8 Å². The van der Waals surface area contributed by atoms with Crippen molar-refractivity contribution in [2.75, 3.05) is 26.7 Å². The van der Waals surface area contributed by atoms with E-state index < -0.39 is 10.0 Å². The molecule has 0 atom stereocenters. The van der Waals surface area contributed by atoms with E-state index in [4.69, 9.17) is 0 Å². The van der Waals surface area contributed by atoms with E-state index in [0.29, 0.717) is 23.9 Å². The minimum atomic E-state index is -3.38. The second-order valence-corrected chi connectivity index (χ2v) is 9.93. The second kappa shape index (κ2) is 9.54. The van der Waals surface area contributed by atoms with Gasteiger partial charge in [-0.05, 0) is 54.8 Å². The summed E-state index contributed by atoms with van der Waals surface area (Å²) in [5.74, 6) is 1.22. The number of aryl methyl sites for hydroxylation is 1. The van der Waals surface area contributed by atoms with Crippen LogP contribution in [0.1, 0.15) is 23.3 Å². The molecule has 1 aromatic carbocycles. The van der Waals surface area contributed by atoms with Gasteiger partial charge in [-0.25, -0.2) is 8.42 Å². The van der Waals surface area contributed by atoms with Crippen LogP contribution in [0.5, 0.6) is 0 Å². The fourth-order valence-corrected chi connectivity index (χ4v) is 5.64. The first kappa shape index (κ1) is 20.8. The van der Waals surface area contributed by atoms with E-state index in [0.717, 1.165) is 31.9 Å². The molecule has 0 bridgehead atoms. The third-order valence-corrected chi connectivity index (χ3v) is 8.06. The molecule has 28 heavy (non-hydrogen) atoms. The van der Waals surface area contributed by atoms with Gasteiger partial charge in [0.1, 0.15) is 0 Å². The topological polar surface area (TPSA) is 73.8 Å². The van der Waals surface area contributed by atoms with Crippen molar-refractivity contribution in [3.63, 3.8) is 0 Å². The molecule has 2 aromatic rings. The van der Waals surface area contributed by atoms with Crippen LogP contribution in [0.15, 0.2) is 51.7 Å². The normalized spacial score (nSPS) is 16.9. The molecule has 0 unspecified atom stereocenters. The van der Waals surface area contributed by atoms with Crippen LogP contribution in [0.4, 0.5) is 0 Å². The highest BCUT2D eigenvalue weighted by atomic mass is 32.2. The number of sulfonamides is 1. The minimum absolute atomic E-state index is 0.375. The van der Waals surface area contributed by atoms with Crippen molar-refractivity contribution in [1.29, 1.82) is 0 Å². The third kappa shape index (κ3) is 5.12. The van der Waals surface area contributed by atoms with Gasteiger partial charge in [0.05, 0.1) is 11.4 Å². The molecule has 1 fully saturated rings. The fourth-order valence-electron chi connectivity index (χ4n) is 3.31. The summed E-state index contributed by atoms with van der Waals surface area (Å²) in [5.41, 5.74) is 1.29. The standard InChI is InChI=1S/C20H28N4O2S2/c1-16-10-13-27-19(16)15-23-20(21-2)22-14-17-8-11-24(12-9-17)28(25,26)18-6-4-3-5-7-18/h3-7,10,13,17H,8-9,11-12,14-15H2,1-2H3,(H2,21,22,23). The van der Waals surface area contributed by atoms with E-state index >= 15 is 0 Å². The van der Waals surface area contributed by atoms with Crippen LogP contribution in [0.2, 0.25) is 0 Å². The van der Waals surface area contributed by atoms with Gasteiger partial charge in [-0.2, -0.15) is 4.31 Å². The van der Waals surface area contributed by atoms with Gasteiger partial charge in [-0.3, -0.25) is 4.99 Å². The predicted octanol–water partition coefficient (Wildman–Crippen LogP) is 2.82. The lowest BCUT2D eigenvalue weighted by atomic mass is 9.98. The van der Waals surface area contributed by atoms with Gasteiger partial charge in [0, 0.05) is 31.6 Å². The Labute approximate surface area is 171 Å². The minimum Gasteiger partial charge on any atom is -0.356 e. The van der Waals surface area contributed by atoms with Crippen LogP contribution in [-0.4, -0.2) is 45.4 Å². The molecular formula is C20H28N4O2S2. The van der Waals surface area contributed by atoms with Crippen molar-refractivity contribution < 1.29 is 8.42 Å². The Morgan fingerprint density at radius 1 is 1.18 bits per heavy atom. The van der Waals surface area contributed by atoms with Gasteiger partial charge < -0.3 is 10.6 Å². The summed E-state index contributed by atoms with van der Waals surface area (Å²) < 4.78 is 27.0. The highest BCUT2D eigenvalue weighted by Crippen LogP contribution is 2.23. The van der Waals surface area contributed by atoms with E-state index in [1.165, 1.54) is 10.4 Å². The highest BCUT2D eigenvalue weighted by molar-refractivity contribution is 7.89. The van der Waals surface area contributed by atoms with Gasteiger partial charge in [-0.15, -0.1) is 11.3 Å². The largest absolute Gasteiger partial charge is 0.356 e. The number of nitrogens with one attached hydrogen (secondary N) is 2. The molecule has 0 amide bonds. The van der Waals surface area contributed by atoms with Crippen LogP contribution in [0.25, 0.3) is 0 Å². The number of thiophene rings is 1. The predicted molar refractivity (Wildman–Crippen MR) is 115 cm³/mol. The second-order valence-electron chi connectivity index (χ2n) is 6.99. The molecule has 3 rings (SSSR count). The lowest BCUT2D eigenvalue weighted by Gasteiger charge is -2.31.